The average molecular weight is 1010 g/mol. The fourth-order valence-electron chi connectivity index (χ4n) is 4.16. The third-order valence-corrected chi connectivity index (χ3v) is 5.98. The number of phenolic OH excluding ortho intramolecular Hbond substituents is 2. The van der Waals surface area contributed by atoms with Crippen LogP contribution in [0.4, 0.5) is 0 Å². The van der Waals surface area contributed by atoms with Crippen LogP contribution < -0.4 is 9.47 Å². The summed E-state index contributed by atoms with van der Waals surface area (Å²) >= 11 is 13.6. The molecule has 6 nitrogen and oxygen atoms in total. The minimum Gasteiger partial charge on any atom is -0.508 e. The molecule has 0 bridgehead atoms. The Morgan fingerprint density at radius 3 is 1.63 bits per heavy atom. The van der Waals surface area contributed by atoms with Gasteiger partial charge in [0.25, 0.3) is 0 Å². The summed E-state index contributed by atoms with van der Waals surface area (Å²) in [7, 11) is 3.31. The van der Waals surface area contributed by atoms with Gasteiger partial charge in [-0.3, -0.25) is 0 Å². The molecule has 0 saturated heterocycles. The first-order valence-corrected chi connectivity index (χ1v) is 21.1. The summed E-state index contributed by atoms with van der Waals surface area (Å²) < 4.78 is 21.5. The van der Waals surface area contributed by atoms with Gasteiger partial charge in [-0.25, -0.2) is 0 Å². The molecule has 228 valence electrons. The second kappa shape index (κ2) is 19.5. The summed E-state index contributed by atoms with van der Waals surface area (Å²) in [6, 6.07) is 26.1. The fraction of sp³-hybridized carbons (Fsp3) is 0.0968. The Morgan fingerprint density at radius 2 is 1.12 bits per heavy atom. The standard InChI is InChI=1S/C16H14O3.C14H10O3.CH4.BBr3.HIXe/c1-17-12-5-3-11(4-6-12)13-7-8-15(18-2)16-14(13)9-10-19-16;15-10-3-1-9(2-4-10)11-5-6-13(16)14-12(11)7-8-17-14;;2-1(3)4;1-2/h3-10H,1-2H3;1-8,15-16H;1H4;;2H. The van der Waals surface area contributed by atoms with Gasteiger partial charge in [-0.1, -0.05) is 31.7 Å². The van der Waals surface area contributed by atoms with Crippen molar-refractivity contribution in [2.45, 2.75) is 7.43 Å². The largest absolute Gasteiger partial charge is 0.508 e. The summed E-state index contributed by atoms with van der Waals surface area (Å²) in [4.78, 5) is 0. The summed E-state index contributed by atoms with van der Waals surface area (Å²) in [6.45, 7) is 0. The molecule has 0 aliphatic rings. The van der Waals surface area contributed by atoms with Crippen molar-refractivity contribution in [3.8, 4) is 45.3 Å². The van der Waals surface area contributed by atoms with Gasteiger partial charge < -0.3 is 28.5 Å². The molecule has 0 fully saturated rings. The van der Waals surface area contributed by atoms with Crippen LogP contribution in [-0.4, -0.2) is 27.6 Å². The molecule has 0 unspecified atom stereocenters. The minimum absolute atomic E-state index is 0. The van der Waals surface area contributed by atoms with Crippen LogP contribution in [0.1, 0.15) is 7.43 Å². The van der Waals surface area contributed by atoms with Gasteiger partial charge in [-0.15, -0.1) is 47.3 Å². The third kappa shape index (κ3) is 10.5. The third-order valence-electron chi connectivity index (χ3n) is 5.98. The van der Waals surface area contributed by atoms with Crippen molar-refractivity contribution < 1.29 is 69.0 Å². The quantitative estimate of drug-likeness (QED) is 0.135. The van der Waals surface area contributed by atoms with Crippen LogP contribution in [0.5, 0.6) is 23.0 Å². The number of methoxy groups -OCH3 is 2. The summed E-state index contributed by atoms with van der Waals surface area (Å²) in [5.41, 5.74) is 5.43. The molecule has 2 aromatic heterocycles. The van der Waals surface area contributed by atoms with E-state index < -0.39 is 0 Å². The number of benzene rings is 4. The van der Waals surface area contributed by atoms with Gasteiger partial charge in [0.1, 0.15) is 11.5 Å². The van der Waals surface area contributed by atoms with Crippen LogP contribution in [-0.2, 0) is 0 Å². The van der Waals surface area contributed by atoms with Crippen LogP contribution in [0.15, 0.2) is 106 Å². The van der Waals surface area contributed by atoms with Gasteiger partial charge in [0.15, 0.2) is 22.7 Å². The van der Waals surface area contributed by atoms with Gasteiger partial charge in [0.2, 0.25) is 0 Å². The van der Waals surface area contributed by atoms with E-state index in [9.17, 15) is 10.2 Å². The second-order valence-corrected chi connectivity index (χ2v) is 14.7. The first-order valence-electron chi connectivity index (χ1n) is 12.1. The van der Waals surface area contributed by atoms with Gasteiger partial charge >= 0.3 is 55.6 Å². The van der Waals surface area contributed by atoms with Crippen molar-refractivity contribution in [1.29, 1.82) is 0 Å². The van der Waals surface area contributed by atoms with Crippen LogP contribution in [0.2, 0.25) is 0 Å². The normalized spacial score (nSPS) is 9.77. The number of rotatable bonds is 4. The Bertz CT molecular complexity index is 1690. The Hall–Kier alpha value is -1.03. The molecule has 2 N–H and O–H groups in total. The summed E-state index contributed by atoms with van der Waals surface area (Å²) in [5, 5.41) is 20.8. The topological polar surface area (TPSA) is 85.2 Å². The van der Waals surface area contributed by atoms with Crippen LogP contribution in [0.3, 0.4) is 0 Å². The number of fused-ring (bicyclic) bond motifs is 2. The number of ether oxygens (including phenoxy) is 2. The molecule has 12 heteroatoms. The van der Waals surface area contributed by atoms with E-state index in [4.69, 9.17) is 18.3 Å². The van der Waals surface area contributed by atoms with Crippen molar-refractivity contribution in [1.82, 2.24) is 0 Å². The van der Waals surface area contributed by atoms with E-state index in [0.29, 0.717) is 5.58 Å². The molecule has 0 aliphatic heterocycles. The first-order chi connectivity index (χ1) is 20.3. The number of phenols is 2. The van der Waals surface area contributed by atoms with E-state index in [1.54, 1.807) is 44.9 Å². The maximum absolute atomic E-state index is 9.64. The fourth-order valence-corrected chi connectivity index (χ4v) is 4.16. The molecule has 6 rings (SSSR count). The van der Waals surface area contributed by atoms with Crippen molar-refractivity contribution in [3.63, 3.8) is 0 Å². The molecule has 0 radical (unpaired) electrons. The van der Waals surface area contributed by atoms with Gasteiger partial charge in [-0.2, -0.15) is 0 Å². The van der Waals surface area contributed by atoms with Crippen LogP contribution >= 0.6 is 59.2 Å². The Balaban J connectivity index is 0.000000250. The molecular weight excluding hydrogens is 977 g/mol. The molecule has 6 aromatic rings. The van der Waals surface area contributed by atoms with Crippen molar-refractivity contribution in [3.05, 3.63) is 97.5 Å². The minimum atomic E-state index is 0. The molecule has 4 aromatic carbocycles. The van der Waals surface area contributed by atoms with Crippen LogP contribution in [0, 0.1) is 40.5 Å². The molecule has 0 spiro atoms. The van der Waals surface area contributed by atoms with Gasteiger partial charge in [0, 0.05) is 10.8 Å². The van der Waals surface area contributed by atoms with E-state index in [0.717, 1.165) is 50.1 Å². The Morgan fingerprint density at radius 1 is 0.651 bits per heavy atom. The second-order valence-electron chi connectivity index (χ2n) is 8.30. The van der Waals surface area contributed by atoms with E-state index >= 15 is 0 Å². The molecule has 0 saturated carbocycles. The van der Waals surface area contributed by atoms with Gasteiger partial charge in [-0.05, 0) is 82.9 Å². The Kier molecular flexibility index (Phi) is 17.3. The van der Waals surface area contributed by atoms with E-state index in [2.05, 4.69) is 99.7 Å². The molecule has 0 atom stereocenters. The SMILES string of the molecule is BrB(Br)Br.C.COc1ccc(-c2ccc(OC)c3occc23)cc1.I[XeH].Oc1ccc(-c2ccc(O)c3occc23)cc1. The number of furan rings is 2. The van der Waals surface area contributed by atoms with Crippen molar-refractivity contribution in [2.24, 2.45) is 0 Å². The maximum atomic E-state index is 9.64. The first kappa shape index (κ1) is 38.2. The molecular formula is C31H29BBr3IO6Xe. The predicted octanol–water partition coefficient (Wildman–Crippen LogP) is 11.0. The number of hydrogen-bond donors (Lipinski definition) is 2. The van der Waals surface area contributed by atoms with Crippen molar-refractivity contribution in [2.75, 3.05) is 14.2 Å². The number of aromatic hydroxyl groups is 2. The summed E-state index contributed by atoms with van der Waals surface area (Å²) in [5.74, 6) is 1.96. The summed E-state index contributed by atoms with van der Waals surface area (Å²) in [6.07, 6.45) is 3.23. The average Bonchev–Trinajstić information content (AvgIpc) is 3.70. The molecule has 2 heterocycles. The number of halogens is 4. The molecule has 0 amide bonds. The van der Waals surface area contributed by atoms with E-state index in [1.165, 1.54) is 0 Å². The Labute approximate surface area is 313 Å². The van der Waals surface area contributed by atoms with E-state index in [-0.39, 0.29) is 22.1 Å². The molecule has 43 heavy (non-hydrogen) atoms. The van der Waals surface area contributed by atoms with E-state index in [1.807, 2.05) is 66.7 Å². The molecule has 0 aliphatic carbocycles. The number of hydrogen-bond acceptors (Lipinski definition) is 6. The monoisotopic (exact) mass is 1000 g/mol. The zero-order valence-electron chi connectivity index (χ0n) is 22.2. The zero-order valence-corrected chi connectivity index (χ0v) is 31.3. The smallest absolute Gasteiger partial charge is 0.176 e. The van der Waals surface area contributed by atoms with Crippen LogP contribution in [0.25, 0.3) is 44.2 Å². The van der Waals surface area contributed by atoms with Gasteiger partial charge in [0.05, 0.1) is 26.7 Å². The zero-order chi connectivity index (χ0) is 30.6. The predicted molar refractivity (Wildman–Crippen MR) is 194 cm³/mol. The van der Waals surface area contributed by atoms with Crippen molar-refractivity contribution >= 4 is 84.4 Å². The maximum Gasteiger partial charge on any atom is 0.176 e.